The van der Waals surface area contributed by atoms with E-state index in [4.69, 9.17) is 4.52 Å². The van der Waals surface area contributed by atoms with Crippen molar-refractivity contribution in [1.29, 1.82) is 0 Å². The van der Waals surface area contributed by atoms with Crippen LogP contribution in [0.15, 0.2) is 27.2 Å². The monoisotopic (exact) mass is 338 g/mol. The summed E-state index contributed by atoms with van der Waals surface area (Å²) in [6.45, 7) is 3.71. The normalized spacial score (nSPS) is 16.6. The number of hydrogen-bond donors (Lipinski definition) is 1. The van der Waals surface area contributed by atoms with Crippen LogP contribution in [-0.4, -0.2) is 53.4 Å². The highest BCUT2D eigenvalue weighted by Gasteiger charge is 2.20. The predicted octanol–water partition coefficient (Wildman–Crippen LogP) is 1.96. The number of benzene rings is 1. The van der Waals surface area contributed by atoms with Gasteiger partial charge in [0.25, 0.3) is 11.8 Å². The summed E-state index contributed by atoms with van der Waals surface area (Å²) in [5, 5.41) is 13.9. The van der Waals surface area contributed by atoms with Gasteiger partial charge in [-0.05, 0) is 30.4 Å². The molecule has 0 unspecified atom stereocenters. The predicted molar refractivity (Wildman–Crippen MR) is 78.8 cm³/mol. The van der Waals surface area contributed by atoms with Crippen LogP contribution in [0.4, 0.5) is 5.95 Å². The highest BCUT2D eigenvalue weighted by atomic mass is 79.9. The largest absolute Gasteiger partial charge is 0.507 e. The summed E-state index contributed by atoms with van der Waals surface area (Å²) in [4.78, 5) is 8.73. The Bertz CT molecular complexity index is 608. The number of nitrogens with zero attached hydrogens (tertiary/aromatic N) is 4. The van der Waals surface area contributed by atoms with E-state index in [-0.39, 0.29) is 5.75 Å². The molecule has 20 heavy (non-hydrogen) atoms. The average molecular weight is 339 g/mol. The van der Waals surface area contributed by atoms with Gasteiger partial charge >= 0.3 is 0 Å². The number of likely N-dealkylation sites (N-methyl/N-ethyl adjacent to an activating group) is 1. The second-order valence-electron chi connectivity index (χ2n) is 4.85. The van der Waals surface area contributed by atoms with Crippen LogP contribution in [0.3, 0.4) is 0 Å². The first-order valence-corrected chi connectivity index (χ1v) is 7.19. The van der Waals surface area contributed by atoms with E-state index in [1.807, 2.05) is 0 Å². The van der Waals surface area contributed by atoms with Crippen LogP contribution in [0.1, 0.15) is 0 Å². The van der Waals surface area contributed by atoms with Crippen molar-refractivity contribution in [2.75, 3.05) is 38.1 Å². The Morgan fingerprint density at radius 3 is 2.75 bits per heavy atom. The van der Waals surface area contributed by atoms with Crippen molar-refractivity contribution in [2.24, 2.45) is 0 Å². The first-order valence-electron chi connectivity index (χ1n) is 6.39. The Labute approximate surface area is 125 Å². The molecule has 7 heteroatoms. The minimum absolute atomic E-state index is 0.127. The smallest absolute Gasteiger partial charge is 0.266 e. The summed E-state index contributed by atoms with van der Waals surface area (Å²) in [6, 6.07) is 5.12. The number of aromatic nitrogens is 2. The van der Waals surface area contributed by atoms with E-state index in [0.29, 0.717) is 17.4 Å². The van der Waals surface area contributed by atoms with Gasteiger partial charge in [0.15, 0.2) is 0 Å². The van der Waals surface area contributed by atoms with E-state index in [0.717, 1.165) is 30.7 Å². The molecule has 0 bridgehead atoms. The molecule has 1 N–H and O–H groups in total. The zero-order chi connectivity index (χ0) is 14.1. The van der Waals surface area contributed by atoms with Gasteiger partial charge in [0.2, 0.25) is 0 Å². The lowest BCUT2D eigenvalue weighted by Gasteiger charge is -2.31. The Balaban J connectivity index is 1.85. The zero-order valence-corrected chi connectivity index (χ0v) is 12.7. The molecule has 3 rings (SSSR count). The summed E-state index contributed by atoms with van der Waals surface area (Å²) in [6.07, 6.45) is 0. The molecule has 0 spiro atoms. The number of halogens is 1. The number of hydrogen-bond acceptors (Lipinski definition) is 6. The van der Waals surface area contributed by atoms with Crippen LogP contribution >= 0.6 is 15.9 Å². The van der Waals surface area contributed by atoms with Gasteiger partial charge in [-0.2, -0.15) is 4.98 Å². The number of piperazine rings is 1. The van der Waals surface area contributed by atoms with Crippen molar-refractivity contribution >= 4 is 21.9 Å². The lowest BCUT2D eigenvalue weighted by molar-refractivity contribution is 0.309. The van der Waals surface area contributed by atoms with Crippen molar-refractivity contribution < 1.29 is 9.63 Å². The third kappa shape index (κ3) is 2.64. The minimum atomic E-state index is 0.127. The van der Waals surface area contributed by atoms with E-state index < -0.39 is 0 Å². The van der Waals surface area contributed by atoms with E-state index in [9.17, 15) is 5.11 Å². The van der Waals surface area contributed by atoms with Crippen LogP contribution in [0.25, 0.3) is 11.5 Å². The van der Waals surface area contributed by atoms with E-state index in [1.165, 1.54) is 0 Å². The zero-order valence-electron chi connectivity index (χ0n) is 11.1. The summed E-state index contributed by atoms with van der Waals surface area (Å²) >= 11 is 3.37. The number of phenolic OH excluding ortho intramolecular Hbond substituents is 1. The summed E-state index contributed by atoms with van der Waals surface area (Å²) in [5.74, 6) is 1.03. The second kappa shape index (κ2) is 5.41. The van der Waals surface area contributed by atoms with Crippen LogP contribution < -0.4 is 4.90 Å². The van der Waals surface area contributed by atoms with Crippen LogP contribution in [0.2, 0.25) is 0 Å². The molecule has 0 amide bonds. The molecule has 106 valence electrons. The molecular weight excluding hydrogens is 324 g/mol. The van der Waals surface area contributed by atoms with E-state index >= 15 is 0 Å². The summed E-state index contributed by atoms with van der Waals surface area (Å²) in [7, 11) is 2.10. The summed E-state index contributed by atoms with van der Waals surface area (Å²) in [5.41, 5.74) is 0.534. The van der Waals surface area contributed by atoms with Gasteiger partial charge in [-0.25, -0.2) is 0 Å². The summed E-state index contributed by atoms with van der Waals surface area (Å²) < 4.78 is 6.12. The molecule has 1 aliphatic heterocycles. The molecule has 0 aliphatic carbocycles. The van der Waals surface area contributed by atoms with Gasteiger partial charge in [-0.3, -0.25) is 0 Å². The molecule has 0 radical (unpaired) electrons. The Kier molecular flexibility index (Phi) is 3.62. The minimum Gasteiger partial charge on any atom is -0.507 e. The van der Waals surface area contributed by atoms with Crippen molar-refractivity contribution in [3.05, 3.63) is 22.7 Å². The average Bonchev–Trinajstić information content (AvgIpc) is 2.92. The maximum Gasteiger partial charge on any atom is 0.266 e. The van der Waals surface area contributed by atoms with E-state index in [1.54, 1.807) is 18.2 Å². The molecule has 0 saturated carbocycles. The fraction of sp³-hybridized carbons (Fsp3) is 0.385. The number of aromatic hydroxyl groups is 1. The highest BCUT2D eigenvalue weighted by molar-refractivity contribution is 9.10. The van der Waals surface area contributed by atoms with Crippen LogP contribution in [0.5, 0.6) is 5.75 Å². The van der Waals surface area contributed by atoms with Crippen LogP contribution in [0, 0.1) is 0 Å². The molecule has 2 aromatic rings. The molecule has 2 heterocycles. The standard InChI is InChI=1S/C13H15BrN4O2/c1-17-4-6-18(7-5-17)13-15-12(20-16-13)10-8-9(14)2-3-11(10)19/h2-3,8,19H,4-7H2,1H3. The van der Waals surface area contributed by atoms with Crippen LogP contribution in [-0.2, 0) is 0 Å². The molecular formula is C13H15BrN4O2. The van der Waals surface area contributed by atoms with Crippen molar-refractivity contribution in [1.82, 2.24) is 15.0 Å². The Hall–Kier alpha value is -1.60. The number of phenols is 1. The van der Waals surface area contributed by atoms with Crippen molar-refractivity contribution in [2.45, 2.75) is 0 Å². The second-order valence-corrected chi connectivity index (χ2v) is 5.77. The molecule has 1 aliphatic rings. The maximum absolute atomic E-state index is 9.87. The topological polar surface area (TPSA) is 65.6 Å². The fourth-order valence-electron chi connectivity index (χ4n) is 2.14. The van der Waals surface area contributed by atoms with E-state index in [2.05, 4.69) is 42.9 Å². The Morgan fingerprint density at radius 1 is 1.25 bits per heavy atom. The van der Waals surface area contributed by atoms with Gasteiger partial charge in [0.1, 0.15) is 5.75 Å². The van der Waals surface area contributed by atoms with Gasteiger partial charge in [0, 0.05) is 30.7 Å². The third-order valence-electron chi connectivity index (χ3n) is 3.39. The van der Waals surface area contributed by atoms with Gasteiger partial charge in [-0.15, -0.1) is 0 Å². The first kappa shape index (κ1) is 13.4. The highest BCUT2D eigenvalue weighted by Crippen LogP contribution is 2.31. The number of anilines is 1. The fourth-order valence-corrected chi connectivity index (χ4v) is 2.50. The first-order chi connectivity index (χ1) is 9.63. The quantitative estimate of drug-likeness (QED) is 0.902. The van der Waals surface area contributed by atoms with Crippen molar-refractivity contribution in [3.63, 3.8) is 0 Å². The van der Waals surface area contributed by atoms with Crippen molar-refractivity contribution in [3.8, 4) is 17.2 Å². The molecule has 1 aromatic heterocycles. The lowest BCUT2D eigenvalue weighted by atomic mass is 10.2. The molecule has 0 atom stereocenters. The maximum atomic E-state index is 9.87. The molecule has 1 saturated heterocycles. The van der Waals surface area contributed by atoms with Gasteiger partial charge in [0.05, 0.1) is 5.56 Å². The van der Waals surface area contributed by atoms with Gasteiger partial charge in [-0.1, -0.05) is 15.9 Å². The Morgan fingerprint density at radius 2 is 2.00 bits per heavy atom. The molecule has 1 fully saturated rings. The SMILES string of the molecule is CN1CCN(c2noc(-c3cc(Br)ccc3O)n2)CC1. The molecule has 6 nitrogen and oxygen atoms in total. The lowest BCUT2D eigenvalue weighted by Crippen LogP contribution is -2.44. The number of rotatable bonds is 2. The third-order valence-corrected chi connectivity index (χ3v) is 3.88. The molecule has 1 aromatic carbocycles. The van der Waals surface area contributed by atoms with Gasteiger partial charge < -0.3 is 19.4 Å².